The van der Waals surface area contributed by atoms with E-state index in [0.717, 1.165) is 50.9 Å². The Labute approximate surface area is 211 Å². The van der Waals surface area contributed by atoms with Crippen LogP contribution < -0.4 is 10.2 Å². The number of hydrogen-bond acceptors (Lipinski definition) is 6. The summed E-state index contributed by atoms with van der Waals surface area (Å²) in [5, 5.41) is 2.03. The Balaban J connectivity index is 1.22. The molecule has 0 unspecified atom stereocenters. The largest absolute Gasteiger partial charge is 0.355 e. The van der Waals surface area contributed by atoms with Crippen LogP contribution in [0.15, 0.2) is 42.7 Å². The van der Waals surface area contributed by atoms with E-state index in [-0.39, 0.29) is 5.91 Å². The summed E-state index contributed by atoms with van der Waals surface area (Å²) in [4.78, 5) is 28.6. The first-order valence-corrected chi connectivity index (χ1v) is 13.0. The lowest BCUT2D eigenvalue weighted by molar-refractivity contribution is 0.0706. The van der Waals surface area contributed by atoms with Crippen molar-refractivity contribution in [3.63, 3.8) is 0 Å². The molecule has 3 aliphatic rings. The number of piperidine rings is 1. The number of hydrogen-bond donors (Lipinski definition) is 1. The highest BCUT2D eigenvalue weighted by atomic mass is 16.1. The van der Waals surface area contributed by atoms with E-state index >= 15 is 0 Å². The number of aromatic nitrogens is 2. The van der Waals surface area contributed by atoms with Crippen LogP contribution in [0.5, 0.6) is 0 Å². The average molecular weight is 468 g/mol. The van der Waals surface area contributed by atoms with Gasteiger partial charge in [-0.2, -0.15) is 0 Å². The van der Waals surface area contributed by atoms with E-state index in [1.807, 2.05) is 12.1 Å². The summed E-state index contributed by atoms with van der Waals surface area (Å²) in [5.41, 5.74) is 1.07. The van der Waals surface area contributed by atoms with Crippen molar-refractivity contribution in [2.75, 3.05) is 42.9 Å². The number of carbonyl (C=O) groups is 1. The minimum Gasteiger partial charge on any atom is -0.355 e. The summed E-state index contributed by atoms with van der Waals surface area (Å²) >= 11 is 0. The molecule has 35 heavy (non-hydrogen) atoms. The third kappa shape index (κ3) is 5.72. The topological polar surface area (TPSA) is 64.6 Å². The maximum absolute atomic E-state index is 12.7. The van der Waals surface area contributed by atoms with Gasteiger partial charge in [0.25, 0.3) is 5.91 Å². The SMILES string of the molecule is [B]C1([B])CCN(c2cccc(C(=O)Nc3ccncc3)n2)CCN1C1CCN(C2CCCC2)CC1. The standard InChI is InChI=1S/C26H34B2N6O/c27-26(28)12-17-33(18-19-34(26)22-10-15-32(16-11-22)21-4-1-2-5-21)24-7-3-6-23(31-24)25(35)30-20-8-13-29-14-9-20/h3,6-9,13-14,21-22H,1-2,4-5,10-12,15-19H2,(H,29,30,35). The van der Waals surface area contributed by atoms with Crippen LogP contribution in [-0.2, 0) is 0 Å². The number of carbonyl (C=O) groups excluding carboxylic acids is 1. The highest BCUT2D eigenvalue weighted by Crippen LogP contribution is 2.31. The molecule has 1 saturated carbocycles. The number of nitrogens with one attached hydrogen (secondary N) is 1. The number of rotatable bonds is 5. The van der Waals surface area contributed by atoms with Crippen molar-refractivity contribution >= 4 is 33.1 Å². The Morgan fingerprint density at radius 1 is 0.914 bits per heavy atom. The van der Waals surface area contributed by atoms with Gasteiger partial charge in [0.1, 0.15) is 11.5 Å². The van der Waals surface area contributed by atoms with Crippen molar-refractivity contribution in [3.8, 4) is 0 Å². The Morgan fingerprint density at radius 3 is 2.40 bits per heavy atom. The molecule has 2 aromatic heterocycles. The Bertz CT molecular complexity index is 992. The molecule has 180 valence electrons. The van der Waals surface area contributed by atoms with E-state index in [1.54, 1.807) is 30.6 Å². The minimum atomic E-state index is -0.842. The van der Waals surface area contributed by atoms with Crippen molar-refractivity contribution in [1.29, 1.82) is 0 Å². The van der Waals surface area contributed by atoms with Crippen LogP contribution in [0.1, 0.15) is 55.4 Å². The first-order chi connectivity index (χ1) is 17.0. The summed E-state index contributed by atoms with van der Waals surface area (Å²) in [6.45, 7) is 4.55. The number of pyridine rings is 2. The van der Waals surface area contributed by atoms with Gasteiger partial charge < -0.3 is 20.0 Å². The predicted molar refractivity (Wildman–Crippen MR) is 141 cm³/mol. The lowest BCUT2D eigenvalue weighted by Crippen LogP contribution is -2.58. The molecule has 5 rings (SSSR count). The molecule has 1 aliphatic carbocycles. The van der Waals surface area contributed by atoms with Gasteiger partial charge in [0.15, 0.2) is 0 Å². The third-order valence-corrected chi connectivity index (χ3v) is 7.94. The normalized spacial score (nSPS) is 22.7. The summed E-state index contributed by atoms with van der Waals surface area (Å²) < 4.78 is 0. The monoisotopic (exact) mass is 468 g/mol. The van der Waals surface area contributed by atoms with Crippen LogP contribution in [0.2, 0.25) is 0 Å². The van der Waals surface area contributed by atoms with Gasteiger partial charge in [-0.05, 0) is 69.5 Å². The van der Waals surface area contributed by atoms with Gasteiger partial charge >= 0.3 is 0 Å². The maximum Gasteiger partial charge on any atom is 0.274 e. The quantitative estimate of drug-likeness (QED) is 0.682. The van der Waals surface area contributed by atoms with E-state index < -0.39 is 5.34 Å². The van der Waals surface area contributed by atoms with Gasteiger partial charge in [0.2, 0.25) is 0 Å². The second kappa shape index (κ2) is 10.7. The second-order valence-electron chi connectivity index (χ2n) is 10.2. The molecule has 0 spiro atoms. The highest BCUT2D eigenvalue weighted by molar-refractivity contribution is 6.40. The van der Waals surface area contributed by atoms with Crippen molar-refractivity contribution < 1.29 is 4.79 Å². The fraction of sp³-hybridized carbons (Fsp3) is 0.577. The average Bonchev–Trinajstić information content (AvgIpc) is 3.37. The zero-order valence-corrected chi connectivity index (χ0v) is 20.5. The lowest BCUT2D eigenvalue weighted by Gasteiger charge is -2.47. The van der Waals surface area contributed by atoms with E-state index in [0.29, 0.717) is 30.4 Å². The number of anilines is 2. The van der Waals surface area contributed by atoms with Crippen molar-refractivity contribution in [2.24, 2.45) is 0 Å². The van der Waals surface area contributed by atoms with E-state index in [2.05, 4.69) is 30.0 Å². The van der Waals surface area contributed by atoms with Crippen LogP contribution in [0.3, 0.4) is 0 Å². The van der Waals surface area contributed by atoms with Crippen LogP contribution in [-0.4, -0.2) is 91.5 Å². The molecular weight excluding hydrogens is 434 g/mol. The first kappa shape index (κ1) is 24.3. The van der Waals surface area contributed by atoms with Crippen molar-refractivity contribution in [1.82, 2.24) is 19.8 Å². The Morgan fingerprint density at radius 2 is 1.66 bits per heavy atom. The van der Waals surface area contributed by atoms with Gasteiger partial charge in [-0.3, -0.25) is 9.78 Å². The van der Waals surface area contributed by atoms with Gasteiger partial charge in [0, 0.05) is 49.8 Å². The first-order valence-electron chi connectivity index (χ1n) is 13.0. The number of nitrogens with zero attached hydrogens (tertiary/aromatic N) is 5. The van der Waals surface area contributed by atoms with Crippen molar-refractivity contribution in [2.45, 2.75) is 62.4 Å². The van der Waals surface area contributed by atoms with E-state index in [4.69, 9.17) is 15.7 Å². The van der Waals surface area contributed by atoms with Gasteiger partial charge in [0.05, 0.1) is 15.7 Å². The lowest BCUT2D eigenvalue weighted by atomic mass is 9.58. The summed E-state index contributed by atoms with van der Waals surface area (Å²) in [6, 6.07) is 10.3. The van der Waals surface area contributed by atoms with Crippen LogP contribution >= 0.6 is 0 Å². The van der Waals surface area contributed by atoms with Crippen LogP contribution in [0, 0.1) is 0 Å². The molecule has 9 heteroatoms. The molecule has 2 aromatic rings. The Hall–Kier alpha value is -2.38. The molecule has 0 bridgehead atoms. The molecule has 3 fully saturated rings. The predicted octanol–water partition coefficient (Wildman–Crippen LogP) is 2.64. The minimum absolute atomic E-state index is 0.240. The summed E-state index contributed by atoms with van der Waals surface area (Å²) in [5.74, 6) is 0.539. The fourth-order valence-electron chi connectivity index (χ4n) is 5.95. The van der Waals surface area contributed by atoms with Crippen molar-refractivity contribution in [3.05, 3.63) is 48.4 Å². The molecule has 7 nitrogen and oxygen atoms in total. The Kier molecular flexibility index (Phi) is 7.44. The number of likely N-dealkylation sites (tertiary alicyclic amines) is 1. The summed E-state index contributed by atoms with van der Waals surface area (Å²) in [7, 11) is 13.4. The second-order valence-corrected chi connectivity index (χ2v) is 10.2. The molecule has 4 heterocycles. The van der Waals surface area contributed by atoms with Gasteiger partial charge in [-0.15, -0.1) is 0 Å². The molecule has 0 aromatic carbocycles. The zero-order valence-electron chi connectivity index (χ0n) is 20.5. The third-order valence-electron chi connectivity index (χ3n) is 7.94. The molecular formula is C26H34B2N6O. The molecule has 2 aliphatic heterocycles. The molecule has 2 saturated heterocycles. The van der Waals surface area contributed by atoms with Gasteiger partial charge in [-0.25, -0.2) is 4.98 Å². The van der Waals surface area contributed by atoms with Crippen LogP contribution in [0.4, 0.5) is 11.5 Å². The highest BCUT2D eigenvalue weighted by Gasteiger charge is 2.37. The molecule has 1 amide bonds. The molecule has 4 radical (unpaired) electrons. The van der Waals surface area contributed by atoms with E-state index in [1.165, 1.54) is 25.7 Å². The molecule has 1 N–H and O–H groups in total. The maximum atomic E-state index is 12.7. The van der Waals surface area contributed by atoms with E-state index in [9.17, 15) is 4.79 Å². The van der Waals surface area contributed by atoms with Crippen LogP contribution in [0.25, 0.3) is 0 Å². The zero-order chi connectivity index (χ0) is 24.3. The summed E-state index contributed by atoms with van der Waals surface area (Å²) in [6.07, 6.45) is 11.6. The fourth-order valence-corrected chi connectivity index (χ4v) is 5.95. The smallest absolute Gasteiger partial charge is 0.274 e. The molecule has 0 atom stereocenters. The van der Waals surface area contributed by atoms with Gasteiger partial charge in [-0.1, -0.05) is 24.2 Å². The number of amides is 1.